The van der Waals surface area contributed by atoms with Crippen molar-refractivity contribution < 1.29 is 19.2 Å². The summed E-state index contributed by atoms with van der Waals surface area (Å²) in [6, 6.07) is 9.58. The molecule has 0 aliphatic rings. The maximum atomic E-state index is 12.3. The summed E-state index contributed by atoms with van der Waals surface area (Å²) in [6.07, 6.45) is -0.748. The number of aryl methyl sites for hydroxylation is 2. The summed E-state index contributed by atoms with van der Waals surface area (Å²) < 4.78 is 10.8. The maximum absolute atomic E-state index is 12.3. The molecule has 0 radical (unpaired) electrons. The average molecular weight is 344 g/mol. The van der Waals surface area contributed by atoms with Gasteiger partial charge >= 0.3 is 0 Å². The van der Waals surface area contributed by atoms with Crippen LogP contribution in [-0.4, -0.2) is 24.0 Å². The molecule has 2 rings (SSSR count). The molecule has 2 aromatic rings. The second kappa shape index (κ2) is 7.65. The predicted octanol–water partition coefficient (Wildman–Crippen LogP) is 3.63. The number of anilines is 1. The molecule has 1 amide bonds. The smallest absolute Gasteiger partial charge is 0.273 e. The highest BCUT2D eigenvalue weighted by Crippen LogP contribution is 2.29. The van der Waals surface area contributed by atoms with E-state index in [-0.39, 0.29) is 17.3 Å². The number of hydrogen-bond acceptors (Lipinski definition) is 5. The number of nitrogens with one attached hydrogen (secondary N) is 1. The van der Waals surface area contributed by atoms with Crippen LogP contribution in [0.5, 0.6) is 11.5 Å². The summed E-state index contributed by atoms with van der Waals surface area (Å²) in [5, 5.41) is 13.5. The van der Waals surface area contributed by atoms with Crippen molar-refractivity contribution in [1.82, 2.24) is 0 Å². The zero-order valence-corrected chi connectivity index (χ0v) is 14.5. The van der Waals surface area contributed by atoms with Crippen molar-refractivity contribution in [1.29, 1.82) is 0 Å². The summed E-state index contributed by atoms with van der Waals surface area (Å²) in [5.41, 5.74) is 2.44. The summed E-state index contributed by atoms with van der Waals surface area (Å²) in [7, 11) is 1.38. The Balaban J connectivity index is 2.10. The van der Waals surface area contributed by atoms with Crippen molar-refractivity contribution in [2.75, 3.05) is 12.4 Å². The van der Waals surface area contributed by atoms with Crippen LogP contribution < -0.4 is 14.8 Å². The number of rotatable bonds is 6. The fourth-order valence-electron chi connectivity index (χ4n) is 2.18. The van der Waals surface area contributed by atoms with Crippen LogP contribution in [-0.2, 0) is 4.79 Å². The van der Waals surface area contributed by atoms with Crippen LogP contribution in [0.2, 0.25) is 0 Å². The van der Waals surface area contributed by atoms with E-state index in [1.54, 1.807) is 13.0 Å². The Morgan fingerprint density at radius 3 is 2.48 bits per heavy atom. The Labute approximate surface area is 145 Å². The first kappa shape index (κ1) is 18.3. The van der Waals surface area contributed by atoms with Crippen molar-refractivity contribution in [3.8, 4) is 11.5 Å². The van der Waals surface area contributed by atoms with Gasteiger partial charge in [0.25, 0.3) is 11.6 Å². The summed E-state index contributed by atoms with van der Waals surface area (Å²) >= 11 is 0. The highest BCUT2D eigenvalue weighted by Gasteiger charge is 2.18. The molecule has 7 nitrogen and oxygen atoms in total. The van der Waals surface area contributed by atoms with Crippen LogP contribution in [0.4, 0.5) is 11.4 Å². The number of carbonyl (C=O) groups is 1. The first-order valence-corrected chi connectivity index (χ1v) is 7.69. The molecule has 0 saturated carbocycles. The molecule has 2 aromatic carbocycles. The molecule has 0 aliphatic carbocycles. The van der Waals surface area contributed by atoms with Crippen LogP contribution in [0.1, 0.15) is 18.1 Å². The SMILES string of the molecule is COc1cc([N+](=O)[O-])ccc1NC(=O)C(C)Oc1ccc(C)c(C)c1. The van der Waals surface area contributed by atoms with E-state index in [0.717, 1.165) is 11.1 Å². The van der Waals surface area contributed by atoms with Crippen LogP contribution >= 0.6 is 0 Å². The minimum atomic E-state index is -0.748. The number of nitro groups is 1. The molecule has 0 aromatic heterocycles. The zero-order valence-electron chi connectivity index (χ0n) is 14.5. The molecule has 0 bridgehead atoms. The number of carbonyl (C=O) groups excluding carboxylic acids is 1. The van der Waals surface area contributed by atoms with Gasteiger partial charge in [-0.1, -0.05) is 6.07 Å². The molecule has 1 unspecified atom stereocenters. The Bertz CT molecular complexity index is 804. The summed E-state index contributed by atoms with van der Waals surface area (Å²) in [4.78, 5) is 22.6. The van der Waals surface area contributed by atoms with Crippen LogP contribution in [0, 0.1) is 24.0 Å². The van der Waals surface area contributed by atoms with Gasteiger partial charge in [-0.2, -0.15) is 0 Å². The molecule has 7 heteroatoms. The number of methoxy groups -OCH3 is 1. The van der Waals surface area contributed by atoms with Crippen molar-refractivity contribution in [2.24, 2.45) is 0 Å². The second-order valence-corrected chi connectivity index (χ2v) is 5.64. The number of benzene rings is 2. The molecular weight excluding hydrogens is 324 g/mol. The Hall–Kier alpha value is -3.09. The molecule has 0 saturated heterocycles. The number of ether oxygens (including phenoxy) is 2. The van der Waals surface area contributed by atoms with E-state index in [1.807, 2.05) is 26.0 Å². The third-order valence-corrected chi connectivity index (χ3v) is 3.81. The Morgan fingerprint density at radius 1 is 1.16 bits per heavy atom. The van der Waals surface area contributed by atoms with Crippen molar-refractivity contribution in [2.45, 2.75) is 26.9 Å². The molecule has 1 N–H and O–H groups in total. The van der Waals surface area contributed by atoms with E-state index >= 15 is 0 Å². The minimum absolute atomic E-state index is 0.116. The van der Waals surface area contributed by atoms with E-state index in [2.05, 4.69) is 5.32 Å². The molecule has 132 valence electrons. The number of nitrogens with zero attached hydrogens (tertiary/aromatic N) is 1. The molecular formula is C18H20N2O5. The first-order chi connectivity index (χ1) is 11.8. The number of hydrogen-bond donors (Lipinski definition) is 1. The van der Waals surface area contributed by atoms with Crippen LogP contribution in [0.15, 0.2) is 36.4 Å². The second-order valence-electron chi connectivity index (χ2n) is 5.64. The van der Waals surface area contributed by atoms with Gasteiger partial charge in [0, 0.05) is 6.07 Å². The van der Waals surface area contributed by atoms with Crippen LogP contribution in [0.3, 0.4) is 0 Å². The van der Waals surface area contributed by atoms with E-state index in [0.29, 0.717) is 11.4 Å². The average Bonchev–Trinajstić information content (AvgIpc) is 2.58. The predicted molar refractivity (Wildman–Crippen MR) is 94.3 cm³/mol. The third kappa shape index (κ3) is 4.47. The van der Waals surface area contributed by atoms with Gasteiger partial charge in [0.15, 0.2) is 6.10 Å². The molecule has 0 heterocycles. The van der Waals surface area contributed by atoms with Crippen molar-refractivity contribution in [3.63, 3.8) is 0 Å². The highest BCUT2D eigenvalue weighted by atomic mass is 16.6. The number of non-ortho nitro benzene ring substituents is 1. The quantitative estimate of drug-likeness (QED) is 0.638. The van der Waals surface area contributed by atoms with Crippen molar-refractivity contribution >= 4 is 17.3 Å². The third-order valence-electron chi connectivity index (χ3n) is 3.81. The minimum Gasteiger partial charge on any atom is -0.494 e. The lowest BCUT2D eigenvalue weighted by Crippen LogP contribution is -2.30. The van der Waals surface area contributed by atoms with E-state index in [9.17, 15) is 14.9 Å². The van der Waals surface area contributed by atoms with Crippen LogP contribution in [0.25, 0.3) is 0 Å². The standard InChI is InChI=1S/C18H20N2O5/c1-11-5-7-15(9-12(11)2)25-13(3)18(21)19-16-8-6-14(20(22)23)10-17(16)24-4/h5-10,13H,1-4H3,(H,19,21). The van der Waals surface area contributed by atoms with Gasteiger partial charge in [0.2, 0.25) is 0 Å². The zero-order chi connectivity index (χ0) is 18.6. The Morgan fingerprint density at radius 2 is 1.88 bits per heavy atom. The first-order valence-electron chi connectivity index (χ1n) is 7.69. The van der Waals surface area contributed by atoms with Gasteiger partial charge in [-0.05, 0) is 50.1 Å². The summed E-state index contributed by atoms with van der Waals surface area (Å²) in [6.45, 7) is 5.59. The van der Waals surface area contributed by atoms with Gasteiger partial charge < -0.3 is 14.8 Å². The van der Waals surface area contributed by atoms with Gasteiger partial charge in [0.1, 0.15) is 11.5 Å². The van der Waals surface area contributed by atoms with Gasteiger partial charge in [-0.3, -0.25) is 14.9 Å². The van der Waals surface area contributed by atoms with E-state index < -0.39 is 11.0 Å². The van der Waals surface area contributed by atoms with Gasteiger partial charge in [-0.25, -0.2) is 0 Å². The monoisotopic (exact) mass is 344 g/mol. The van der Waals surface area contributed by atoms with Gasteiger partial charge in [-0.15, -0.1) is 0 Å². The molecule has 25 heavy (non-hydrogen) atoms. The molecule has 0 aliphatic heterocycles. The van der Waals surface area contributed by atoms with Crippen molar-refractivity contribution in [3.05, 3.63) is 57.6 Å². The molecule has 0 fully saturated rings. The van der Waals surface area contributed by atoms with E-state index in [4.69, 9.17) is 9.47 Å². The lowest BCUT2D eigenvalue weighted by molar-refractivity contribution is -0.384. The fraction of sp³-hybridized carbons (Fsp3) is 0.278. The lowest BCUT2D eigenvalue weighted by atomic mass is 10.1. The molecule has 0 spiro atoms. The number of amides is 1. The lowest BCUT2D eigenvalue weighted by Gasteiger charge is -2.16. The topological polar surface area (TPSA) is 90.7 Å². The fourth-order valence-corrected chi connectivity index (χ4v) is 2.18. The van der Waals surface area contributed by atoms with Gasteiger partial charge in [0.05, 0.1) is 23.8 Å². The highest BCUT2D eigenvalue weighted by molar-refractivity contribution is 5.95. The largest absolute Gasteiger partial charge is 0.494 e. The maximum Gasteiger partial charge on any atom is 0.273 e. The Kier molecular flexibility index (Phi) is 5.59. The number of nitro benzene ring substituents is 1. The normalized spacial score (nSPS) is 11.5. The molecule has 1 atom stereocenters. The summed E-state index contributed by atoms with van der Waals surface area (Å²) in [5.74, 6) is 0.424. The van der Waals surface area contributed by atoms with E-state index in [1.165, 1.54) is 25.3 Å².